The van der Waals surface area contributed by atoms with Crippen LogP contribution in [-0.2, 0) is 0 Å². The monoisotopic (exact) mass is 248 g/mol. The fourth-order valence-corrected chi connectivity index (χ4v) is 2.83. The van der Waals surface area contributed by atoms with Crippen molar-refractivity contribution in [2.75, 3.05) is 7.05 Å². The van der Waals surface area contributed by atoms with Crippen molar-refractivity contribution in [3.8, 4) is 16.3 Å². The van der Waals surface area contributed by atoms with Crippen molar-refractivity contribution >= 4 is 11.3 Å². The molecule has 17 heavy (non-hydrogen) atoms. The number of phenols is 1. The van der Waals surface area contributed by atoms with Gasteiger partial charge in [0.1, 0.15) is 10.8 Å². The molecule has 1 unspecified atom stereocenters. The molecule has 0 aliphatic heterocycles. The average molecular weight is 248 g/mol. The van der Waals surface area contributed by atoms with E-state index in [0.717, 1.165) is 16.3 Å². The lowest BCUT2D eigenvalue weighted by molar-refractivity contribution is 0.475. The highest BCUT2D eigenvalue weighted by molar-refractivity contribution is 7.15. The molecular weight excluding hydrogens is 232 g/mol. The molecule has 90 valence electrons. The Morgan fingerprint density at radius 2 is 2.18 bits per heavy atom. The number of hydrogen-bond acceptors (Lipinski definition) is 4. The Morgan fingerprint density at radius 3 is 2.82 bits per heavy atom. The van der Waals surface area contributed by atoms with Crippen molar-refractivity contribution in [2.24, 2.45) is 0 Å². The van der Waals surface area contributed by atoms with Gasteiger partial charge in [-0.05, 0) is 33.0 Å². The molecule has 0 bridgehead atoms. The summed E-state index contributed by atoms with van der Waals surface area (Å²) in [6.07, 6.45) is 0. The SMILES string of the molecule is CNC(C)c1sc(-c2cccc(O)c2)nc1C. The number of aryl methyl sites for hydroxylation is 1. The summed E-state index contributed by atoms with van der Waals surface area (Å²) in [5, 5.41) is 13.6. The third kappa shape index (κ3) is 2.48. The Morgan fingerprint density at radius 1 is 1.41 bits per heavy atom. The van der Waals surface area contributed by atoms with Crippen molar-refractivity contribution in [2.45, 2.75) is 19.9 Å². The summed E-state index contributed by atoms with van der Waals surface area (Å²) < 4.78 is 0. The highest BCUT2D eigenvalue weighted by Gasteiger charge is 2.13. The number of phenolic OH excluding ortho intramolecular Hbond substituents is 1. The standard InChI is InChI=1S/C13H16N2OS/c1-8(14-3)12-9(2)15-13(17-12)10-5-4-6-11(16)7-10/h4-8,14,16H,1-3H3. The molecule has 1 atom stereocenters. The molecule has 1 aromatic heterocycles. The Kier molecular flexibility index (Phi) is 3.45. The van der Waals surface area contributed by atoms with Crippen molar-refractivity contribution in [1.29, 1.82) is 0 Å². The Hall–Kier alpha value is -1.39. The average Bonchev–Trinajstić information content (AvgIpc) is 2.70. The summed E-state index contributed by atoms with van der Waals surface area (Å²) in [4.78, 5) is 5.80. The van der Waals surface area contributed by atoms with Crippen LogP contribution in [0.4, 0.5) is 0 Å². The molecule has 0 aliphatic carbocycles. The van der Waals surface area contributed by atoms with Crippen LogP contribution in [0.3, 0.4) is 0 Å². The van der Waals surface area contributed by atoms with E-state index in [1.807, 2.05) is 26.1 Å². The Labute approximate surface area is 105 Å². The summed E-state index contributed by atoms with van der Waals surface area (Å²) in [5.41, 5.74) is 2.02. The van der Waals surface area contributed by atoms with Crippen LogP contribution in [0.5, 0.6) is 5.75 Å². The second-order valence-electron chi connectivity index (χ2n) is 4.03. The van der Waals surface area contributed by atoms with Crippen LogP contribution in [0.25, 0.3) is 10.6 Å². The highest BCUT2D eigenvalue weighted by Crippen LogP contribution is 2.32. The molecule has 1 heterocycles. The maximum Gasteiger partial charge on any atom is 0.124 e. The first-order valence-corrected chi connectivity index (χ1v) is 6.37. The van der Waals surface area contributed by atoms with Crippen LogP contribution in [0, 0.1) is 6.92 Å². The van der Waals surface area contributed by atoms with Crippen LogP contribution in [0.2, 0.25) is 0 Å². The molecule has 0 spiro atoms. The highest BCUT2D eigenvalue weighted by atomic mass is 32.1. The van der Waals surface area contributed by atoms with E-state index in [9.17, 15) is 5.11 Å². The molecule has 2 rings (SSSR count). The summed E-state index contributed by atoms with van der Waals surface area (Å²) >= 11 is 1.67. The number of rotatable bonds is 3. The minimum atomic E-state index is 0.276. The minimum Gasteiger partial charge on any atom is -0.508 e. The fraction of sp³-hybridized carbons (Fsp3) is 0.308. The first-order chi connectivity index (χ1) is 8.11. The zero-order valence-corrected chi connectivity index (χ0v) is 11.0. The molecule has 3 nitrogen and oxygen atoms in total. The van der Waals surface area contributed by atoms with Crippen molar-refractivity contribution in [3.63, 3.8) is 0 Å². The van der Waals surface area contributed by atoms with E-state index in [4.69, 9.17) is 0 Å². The Balaban J connectivity index is 2.41. The van der Waals surface area contributed by atoms with E-state index in [1.165, 1.54) is 4.88 Å². The molecule has 0 saturated carbocycles. The third-order valence-corrected chi connectivity index (χ3v) is 4.14. The van der Waals surface area contributed by atoms with Gasteiger partial charge in [0.15, 0.2) is 0 Å². The van der Waals surface area contributed by atoms with E-state index in [-0.39, 0.29) is 5.75 Å². The molecule has 0 amide bonds. The number of thiazole rings is 1. The van der Waals surface area contributed by atoms with Crippen LogP contribution in [-0.4, -0.2) is 17.1 Å². The van der Waals surface area contributed by atoms with Crippen LogP contribution in [0.15, 0.2) is 24.3 Å². The van der Waals surface area contributed by atoms with Gasteiger partial charge in [-0.1, -0.05) is 12.1 Å². The van der Waals surface area contributed by atoms with E-state index in [2.05, 4.69) is 17.2 Å². The second kappa shape index (κ2) is 4.85. The lowest BCUT2D eigenvalue weighted by Crippen LogP contribution is -2.11. The van der Waals surface area contributed by atoms with Gasteiger partial charge < -0.3 is 10.4 Å². The Bertz CT molecular complexity index is 522. The van der Waals surface area contributed by atoms with Crippen LogP contribution >= 0.6 is 11.3 Å². The van der Waals surface area contributed by atoms with Crippen molar-refractivity contribution < 1.29 is 5.11 Å². The number of nitrogens with zero attached hydrogens (tertiary/aromatic N) is 1. The topological polar surface area (TPSA) is 45.1 Å². The molecule has 0 fully saturated rings. The zero-order chi connectivity index (χ0) is 12.4. The number of hydrogen-bond donors (Lipinski definition) is 2. The van der Waals surface area contributed by atoms with E-state index >= 15 is 0 Å². The van der Waals surface area contributed by atoms with Crippen molar-refractivity contribution in [3.05, 3.63) is 34.8 Å². The molecule has 1 aromatic carbocycles. The van der Waals surface area contributed by atoms with Crippen LogP contribution < -0.4 is 5.32 Å². The first kappa shape index (κ1) is 12.1. The van der Waals surface area contributed by atoms with Gasteiger partial charge in [-0.15, -0.1) is 11.3 Å². The van der Waals surface area contributed by atoms with Crippen molar-refractivity contribution in [1.82, 2.24) is 10.3 Å². The maximum absolute atomic E-state index is 9.47. The van der Waals surface area contributed by atoms with Crippen LogP contribution in [0.1, 0.15) is 23.5 Å². The van der Waals surface area contributed by atoms with Gasteiger partial charge in [-0.3, -0.25) is 0 Å². The van der Waals surface area contributed by atoms with Gasteiger partial charge in [-0.25, -0.2) is 4.98 Å². The zero-order valence-electron chi connectivity index (χ0n) is 10.2. The van der Waals surface area contributed by atoms with Gasteiger partial charge in [0.2, 0.25) is 0 Å². The minimum absolute atomic E-state index is 0.276. The number of nitrogens with one attached hydrogen (secondary N) is 1. The normalized spacial score (nSPS) is 12.6. The first-order valence-electron chi connectivity index (χ1n) is 5.56. The molecule has 0 saturated heterocycles. The van der Waals surface area contributed by atoms with Gasteiger partial charge in [0, 0.05) is 16.5 Å². The lowest BCUT2D eigenvalue weighted by atomic mass is 10.2. The predicted octanol–water partition coefficient (Wildman–Crippen LogP) is 3.10. The molecule has 2 aromatic rings. The maximum atomic E-state index is 9.47. The molecule has 4 heteroatoms. The molecule has 0 radical (unpaired) electrons. The number of aromatic hydroxyl groups is 1. The van der Waals surface area contributed by atoms with E-state index < -0.39 is 0 Å². The second-order valence-corrected chi connectivity index (χ2v) is 5.06. The third-order valence-electron chi connectivity index (χ3n) is 2.75. The van der Waals surface area contributed by atoms with Gasteiger partial charge in [0.05, 0.1) is 5.69 Å². The molecule has 0 aliphatic rings. The number of aromatic nitrogens is 1. The summed E-state index contributed by atoms with van der Waals surface area (Å²) in [6.45, 7) is 4.14. The number of benzene rings is 1. The summed E-state index contributed by atoms with van der Waals surface area (Å²) in [7, 11) is 1.94. The summed E-state index contributed by atoms with van der Waals surface area (Å²) in [6, 6.07) is 7.51. The van der Waals surface area contributed by atoms with Gasteiger partial charge >= 0.3 is 0 Å². The molecule has 2 N–H and O–H groups in total. The lowest BCUT2D eigenvalue weighted by Gasteiger charge is -2.06. The van der Waals surface area contributed by atoms with Gasteiger partial charge in [-0.2, -0.15) is 0 Å². The van der Waals surface area contributed by atoms with E-state index in [1.54, 1.807) is 23.5 Å². The predicted molar refractivity (Wildman–Crippen MR) is 71.4 cm³/mol. The van der Waals surface area contributed by atoms with Gasteiger partial charge in [0.25, 0.3) is 0 Å². The molecular formula is C13H16N2OS. The fourth-order valence-electron chi connectivity index (χ4n) is 1.70. The summed E-state index contributed by atoms with van der Waals surface area (Å²) in [5.74, 6) is 0.276. The largest absolute Gasteiger partial charge is 0.508 e. The quantitative estimate of drug-likeness (QED) is 0.877. The smallest absolute Gasteiger partial charge is 0.124 e. The van der Waals surface area contributed by atoms with E-state index in [0.29, 0.717) is 6.04 Å².